The number of halogens is 1. The molecular formula is C11H18ClN3. The van der Waals surface area contributed by atoms with Gasteiger partial charge in [-0.05, 0) is 18.4 Å². The van der Waals surface area contributed by atoms with E-state index in [1.54, 1.807) is 0 Å². The van der Waals surface area contributed by atoms with Crippen molar-refractivity contribution in [3.05, 3.63) is 16.9 Å². The highest BCUT2D eigenvalue weighted by atomic mass is 35.5. The third-order valence-corrected chi connectivity index (χ3v) is 2.12. The Labute approximate surface area is 96.3 Å². The number of rotatable bonds is 5. The van der Waals surface area contributed by atoms with Gasteiger partial charge in [0.25, 0.3) is 0 Å². The number of hydrogen-bond donors (Lipinski definition) is 1. The molecule has 0 aromatic carbocycles. The summed E-state index contributed by atoms with van der Waals surface area (Å²) in [6.45, 7) is 7.28. The lowest BCUT2D eigenvalue weighted by atomic mass is 10.2. The minimum atomic E-state index is 0.514. The molecule has 0 atom stereocenters. The lowest BCUT2D eigenvalue weighted by Gasteiger charge is -2.08. The SMILES string of the molecule is CCCc1cc(Cl)nc(NCC(C)C)n1. The fourth-order valence-electron chi connectivity index (χ4n) is 1.22. The number of anilines is 1. The first kappa shape index (κ1) is 12.2. The Bertz CT molecular complexity index is 313. The average molecular weight is 228 g/mol. The summed E-state index contributed by atoms with van der Waals surface area (Å²) in [6.07, 6.45) is 2.01. The van der Waals surface area contributed by atoms with Gasteiger partial charge < -0.3 is 5.32 Å². The average Bonchev–Trinajstić information content (AvgIpc) is 2.14. The molecule has 0 aliphatic heterocycles. The molecule has 0 unspecified atom stereocenters. The van der Waals surface area contributed by atoms with Crippen molar-refractivity contribution in [1.82, 2.24) is 9.97 Å². The van der Waals surface area contributed by atoms with Crippen LogP contribution in [0.2, 0.25) is 5.15 Å². The zero-order valence-electron chi connectivity index (χ0n) is 9.55. The largest absolute Gasteiger partial charge is 0.354 e. The van der Waals surface area contributed by atoms with Gasteiger partial charge in [-0.3, -0.25) is 0 Å². The van der Waals surface area contributed by atoms with E-state index in [1.807, 2.05) is 6.07 Å². The molecule has 0 bridgehead atoms. The first-order valence-electron chi connectivity index (χ1n) is 5.39. The predicted octanol–water partition coefficient (Wildman–Crippen LogP) is 3.15. The van der Waals surface area contributed by atoms with E-state index in [2.05, 4.69) is 36.1 Å². The molecule has 15 heavy (non-hydrogen) atoms. The summed E-state index contributed by atoms with van der Waals surface area (Å²) in [7, 11) is 0. The standard InChI is InChI=1S/C11H18ClN3/c1-4-5-9-6-10(12)15-11(14-9)13-7-8(2)3/h6,8H,4-5,7H2,1-3H3,(H,13,14,15). The molecule has 0 amide bonds. The van der Waals surface area contributed by atoms with Crippen LogP contribution in [0.1, 0.15) is 32.9 Å². The summed E-state index contributed by atoms with van der Waals surface area (Å²) in [5.74, 6) is 1.21. The maximum Gasteiger partial charge on any atom is 0.224 e. The topological polar surface area (TPSA) is 37.8 Å². The minimum absolute atomic E-state index is 0.514. The molecule has 1 aromatic rings. The lowest BCUT2D eigenvalue weighted by Crippen LogP contribution is -2.11. The van der Waals surface area contributed by atoms with Crippen LogP contribution in [0.25, 0.3) is 0 Å². The molecule has 84 valence electrons. The van der Waals surface area contributed by atoms with E-state index in [4.69, 9.17) is 11.6 Å². The Kier molecular flexibility index (Phi) is 4.82. The fraction of sp³-hybridized carbons (Fsp3) is 0.636. The number of aromatic nitrogens is 2. The van der Waals surface area contributed by atoms with Crippen molar-refractivity contribution in [1.29, 1.82) is 0 Å². The third kappa shape index (κ3) is 4.47. The van der Waals surface area contributed by atoms with Gasteiger partial charge in [0.2, 0.25) is 5.95 Å². The molecule has 1 heterocycles. The molecule has 0 spiro atoms. The Hall–Kier alpha value is -0.830. The molecule has 1 rings (SSSR count). The van der Waals surface area contributed by atoms with Gasteiger partial charge in [0.05, 0.1) is 0 Å². The van der Waals surface area contributed by atoms with Crippen molar-refractivity contribution in [2.24, 2.45) is 5.92 Å². The minimum Gasteiger partial charge on any atom is -0.354 e. The number of nitrogens with zero attached hydrogens (tertiary/aromatic N) is 2. The van der Waals surface area contributed by atoms with Crippen LogP contribution in [-0.4, -0.2) is 16.5 Å². The van der Waals surface area contributed by atoms with Crippen LogP contribution in [0.5, 0.6) is 0 Å². The van der Waals surface area contributed by atoms with E-state index >= 15 is 0 Å². The fourth-order valence-corrected chi connectivity index (χ4v) is 1.43. The number of hydrogen-bond acceptors (Lipinski definition) is 3. The van der Waals surface area contributed by atoms with Crippen LogP contribution >= 0.6 is 11.6 Å². The number of nitrogens with one attached hydrogen (secondary N) is 1. The first-order chi connectivity index (χ1) is 7.11. The van der Waals surface area contributed by atoms with Crippen LogP contribution < -0.4 is 5.32 Å². The van der Waals surface area contributed by atoms with Crippen molar-refractivity contribution < 1.29 is 0 Å². The summed E-state index contributed by atoms with van der Waals surface area (Å²) >= 11 is 5.91. The van der Waals surface area contributed by atoms with Gasteiger partial charge in [0.15, 0.2) is 0 Å². The summed E-state index contributed by atoms with van der Waals surface area (Å²) in [5, 5.41) is 3.69. The molecule has 0 aliphatic carbocycles. The van der Waals surface area contributed by atoms with Crippen LogP contribution in [0.15, 0.2) is 6.07 Å². The van der Waals surface area contributed by atoms with E-state index in [0.29, 0.717) is 17.0 Å². The lowest BCUT2D eigenvalue weighted by molar-refractivity contribution is 0.683. The maximum atomic E-state index is 5.91. The Morgan fingerprint density at radius 3 is 2.73 bits per heavy atom. The molecule has 0 saturated heterocycles. The smallest absolute Gasteiger partial charge is 0.224 e. The van der Waals surface area contributed by atoms with Crippen LogP contribution in [0, 0.1) is 5.92 Å². The zero-order valence-corrected chi connectivity index (χ0v) is 10.3. The van der Waals surface area contributed by atoms with Crippen LogP contribution in [0.3, 0.4) is 0 Å². The first-order valence-corrected chi connectivity index (χ1v) is 5.77. The van der Waals surface area contributed by atoms with Crippen LogP contribution in [-0.2, 0) is 6.42 Å². The van der Waals surface area contributed by atoms with Gasteiger partial charge >= 0.3 is 0 Å². The van der Waals surface area contributed by atoms with Gasteiger partial charge in [-0.2, -0.15) is 0 Å². The van der Waals surface area contributed by atoms with Crippen molar-refractivity contribution >= 4 is 17.5 Å². The molecule has 0 aliphatic rings. The van der Waals surface area contributed by atoms with Crippen molar-refractivity contribution in [2.75, 3.05) is 11.9 Å². The Morgan fingerprint density at radius 1 is 1.40 bits per heavy atom. The van der Waals surface area contributed by atoms with Gasteiger partial charge in [0, 0.05) is 12.2 Å². The molecule has 0 saturated carbocycles. The molecule has 0 radical (unpaired) electrons. The summed E-state index contributed by atoms with van der Waals surface area (Å²) in [5.41, 5.74) is 1.00. The Morgan fingerprint density at radius 2 is 2.13 bits per heavy atom. The highest BCUT2D eigenvalue weighted by molar-refractivity contribution is 6.29. The summed E-state index contributed by atoms with van der Waals surface area (Å²) < 4.78 is 0. The molecule has 0 fully saturated rings. The second-order valence-electron chi connectivity index (χ2n) is 4.03. The quantitative estimate of drug-likeness (QED) is 0.786. The highest BCUT2D eigenvalue weighted by Gasteiger charge is 2.03. The van der Waals surface area contributed by atoms with Crippen molar-refractivity contribution in [3.63, 3.8) is 0 Å². The second-order valence-corrected chi connectivity index (χ2v) is 4.42. The van der Waals surface area contributed by atoms with E-state index in [0.717, 1.165) is 25.1 Å². The molecule has 1 aromatic heterocycles. The third-order valence-electron chi connectivity index (χ3n) is 1.92. The van der Waals surface area contributed by atoms with Crippen LogP contribution in [0.4, 0.5) is 5.95 Å². The highest BCUT2D eigenvalue weighted by Crippen LogP contribution is 2.12. The maximum absolute atomic E-state index is 5.91. The Balaban J connectivity index is 2.70. The normalized spacial score (nSPS) is 10.7. The van der Waals surface area contributed by atoms with E-state index in [9.17, 15) is 0 Å². The number of aryl methyl sites for hydroxylation is 1. The zero-order chi connectivity index (χ0) is 11.3. The second kappa shape index (κ2) is 5.91. The van der Waals surface area contributed by atoms with Gasteiger partial charge in [-0.15, -0.1) is 0 Å². The van der Waals surface area contributed by atoms with E-state index < -0.39 is 0 Å². The van der Waals surface area contributed by atoms with E-state index in [-0.39, 0.29) is 0 Å². The van der Waals surface area contributed by atoms with Crippen molar-refractivity contribution in [3.8, 4) is 0 Å². The van der Waals surface area contributed by atoms with Gasteiger partial charge in [-0.1, -0.05) is 38.8 Å². The molecule has 4 heteroatoms. The van der Waals surface area contributed by atoms with Gasteiger partial charge in [0.1, 0.15) is 5.15 Å². The summed E-state index contributed by atoms with van der Waals surface area (Å²) in [4.78, 5) is 8.52. The summed E-state index contributed by atoms with van der Waals surface area (Å²) in [6, 6.07) is 1.83. The predicted molar refractivity (Wildman–Crippen MR) is 64.4 cm³/mol. The van der Waals surface area contributed by atoms with Gasteiger partial charge in [-0.25, -0.2) is 9.97 Å². The molecule has 1 N–H and O–H groups in total. The monoisotopic (exact) mass is 227 g/mol. The van der Waals surface area contributed by atoms with E-state index in [1.165, 1.54) is 0 Å². The van der Waals surface area contributed by atoms with Crippen molar-refractivity contribution in [2.45, 2.75) is 33.6 Å². The molecule has 3 nitrogen and oxygen atoms in total. The molecular weight excluding hydrogens is 210 g/mol.